The zero-order valence-corrected chi connectivity index (χ0v) is 8.49. The molecule has 2 rings (SSSR count). The third kappa shape index (κ3) is 1.54. The van der Waals surface area contributed by atoms with Crippen LogP contribution < -0.4 is 0 Å². The summed E-state index contributed by atoms with van der Waals surface area (Å²) in [6.45, 7) is 4.03. The molecule has 0 aromatic carbocycles. The summed E-state index contributed by atoms with van der Waals surface area (Å²) < 4.78 is 1.55. The highest BCUT2D eigenvalue weighted by Crippen LogP contribution is 2.24. The molecular formula is C9H11N3S. The number of nitrogens with zero attached hydrogens (tertiary/aromatic N) is 3. The standard InChI is InChI=1S/C9H11N3S/c1-9(2,13)7-3-4-8-10-5-6-12(8)11-7/h3-6,13H,1-2H3. The van der Waals surface area contributed by atoms with E-state index in [4.69, 9.17) is 0 Å². The van der Waals surface area contributed by atoms with Crippen LogP contribution in [-0.2, 0) is 4.75 Å². The first-order valence-electron chi connectivity index (χ1n) is 4.10. The van der Waals surface area contributed by atoms with Gasteiger partial charge in [-0.3, -0.25) is 0 Å². The monoisotopic (exact) mass is 193 g/mol. The first-order chi connectivity index (χ1) is 6.07. The molecule has 2 aromatic heterocycles. The van der Waals surface area contributed by atoms with Gasteiger partial charge < -0.3 is 0 Å². The Kier molecular flexibility index (Phi) is 1.80. The Morgan fingerprint density at radius 1 is 1.38 bits per heavy atom. The molecule has 68 valence electrons. The number of hydrogen-bond donors (Lipinski definition) is 1. The minimum atomic E-state index is -0.210. The minimum Gasteiger partial charge on any atom is -0.236 e. The molecule has 0 atom stereocenters. The van der Waals surface area contributed by atoms with Crippen molar-refractivity contribution in [3.63, 3.8) is 0 Å². The Balaban J connectivity index is 2.61. The summed E-state index contributed by atoms with van der Waals surface area (Å²) >= 11 is 4.45. The second kappa shape index (κ2) is 2.73. The van der Waals surface area contributed by atoms with Crippen LogP contribution in [0.15, 0.2) is 24.5 Å². The van der Waals surface area contributed by atoms with Gasteiger partial charge in [-0.2, -0.15) is 17.7 Å². The highest BCUT2D eigenvalue weighted by molar-refractivity contribution is 7.81. The van der Waals surface area contributed by atoms with Crippen molar-refractivity contribution in [2.24, 2.45) is 0 Å². The first kappa shape index (κ1) is 8.56. The lowest BCUT2D eigenvalue weighted by atomic mass is 10.1. The molecule has 0 unspecified atom stereocenters. The Morgan fingerprint density at radius 2 is 2.15 bits per heavy atom. The van der Waals surface area contributed by atoms with Gasteiger partial charge in [0.25, 0.3) is 0 Å². The summed E-state index contributed by atoms with van der Waals surface area (Å²) in [5.41, 5.74) is 1.81. The fourth-order valence-electron chi connectivity index (χ4n) is 1.14. The molecule has 0 aliphatic carbocycles. The fourth-order valence-corrected chi connectivity index (χ4v) is 1.26. The van der Waals surface area contributed by atoms with Gasteiger partial charge in [0.1, 0.15) is 0 Å². The molecule has 13 heavy (non-hydrogen) atoms. The van der Waals surface area contributed by atoms with Gasteiger partial charge in [0.05, 0.1) is 10.4 Å². The number of hydrogen-bond acceptors (Lipinski definition) is 3. The van der Waals surface area contributed by atoms with E-state index >= 15 is 0 Å². The molecule has 3 nitrogen and oxygen atoms in total. The van der Waals surface area contributed by atoms with Crippen molar-refractivity contribution in [1.29, 1.82) is 0 Å². The molecule has 0 aliphatic rings. The van der Waals surface area contributed by atoms with E-state index in [2.05, 4.69) is 22.7 Å². The number of rotatable bonds is 1. The number of thiol groups is 1. The highest BCUT2D eigenvalue weighted by atomic mass is 32.1. The van der Waals surface area contributed by atoms with Gasteiger partial charge in [0.2, 0.25) is 0 Å². The first-order valence-corrected chi connectivity index (χ1v) is 4.55. The molecule has 0 saturated heterocycles. The SMILES string of the molecule is CC(C)(S)c1ccc2nccn2n1. The second-order valence-corrected chi connectivity index (χ2v) is 4.63. The van der Waals surface area contributed by atoms with Crippen LogP contribution in [0.25, 0.3) is 5.65 Å². The second-order valence-electron chi connectivity index (χ2n) is 3.51. The Bertz CT molecular complexity index is 428. The maximum atomic E-state index is 4.45. The quantitative estimate of drug-likeness (QED) is 0.701. The number of aromatic nitrogens is 3. The minimum absolute atomic E-state index is 0.210. The van der Waals surface area contributed by atoms with Crippen molar-refractivity contribution >= 4 is 18.3 Å². The average molecular weight is 193 g/mol. The zero-order valence-electron chi connectivity index (χ0n) is 7.60. The van der Waals surface area contributed by atoms with E-state index in [9.17, 15) is 0 Å². The predicted molar refractivity (Wildman–Crippen MR) is 55.0 cm³/mol. The Hall–Kier alpha value is -1.03. The summed E-state index contributed by atoms with van der Waals surface area (Å²) in [5.74, 6) is 0. The number of fused-ring (bicyclic) bond motifs is 1. The van der Waals surface area contributed by atoms with Crippen LogP contribution >= 0.6 is 12.6 Å². The molecule has 2 aromatic rings. The molecule has 4 heteroatoms. The Morgan fingerprint density at radius 3 is 2.85 bits per heavy atom. The molecular weight excluding hydrogens is 182 g/mol. The van der Waals surface area contributed by atoms with Crippen LogP contribution in [0.4, 0.5) is 0 Å². The zero-order chi connectivity index (χ0) is 9.47. The van der Waals surface area contributed by atoms with Gasteiger partial charge in [-0.25, -0.2) is 9.50 Å². The van der Waals surface area contributed by atoms with Crippen LogP contribution in [0, 0.1) is 0 Å². The van der Waals surface area contributed by atoms with Gasteiger partial charge in [-0.15, -0.1) is 0 Å². The summed E-state index contributed by atoms with van der Waals surface area (Å²) in [6.07, 6.45) is 3.57. The maximum Gasteiger partial charge on any atom is 0.153 e. The van der Waals surface area contributed by atoms with Crippen molar-refractivity contribution < 1.29 is 0 Å². The van der Waals surface area contributed by atoms with Gasteiger partial charge in [-0.1, -0.05) is 0 Å². The van der Waals surface area contributed by atoms with E-state index in [1.165, 1.54) is 0 Å². The molecule has 0 fully saturated rings. The third-order valence-corrected chi connectivity index (χ3v) is 2.11. The lowest BCUT2D eigenvalue weighted by molar-refractivity contribution is 0.714. The normalized spacial score (nSPS) is 12.2. The van der Waals surface area contributed by atoms with E-state index < -0.39 is 0 Å². The molecule has 0 N–H and O–H groups in total. The molecule has 0 radical (unpaired) electrons. The largest absolute Gasteiger partial charge is 0.236 e. The lowest BCUT2D eigenvalue weighted by Gasteiger charge is -2.15. The van der Waals surface area contributed by atoms with Crippen molar-refractivity contribution in [1.82, 2.24) is 14.6 Å². The number of imidazole rings is 1. The van der Waals surface area contributed by atoms with Crippen molar-refractivity contribution in [2.45, 2.75) is 18.6 Å². The highest BCUT2D eigenvalue weighted by Gasteiger charge is 2.16. The Labute approximate surface area is 82.2 Å². The maximum absolute atomic E-state index is 4.45. The average Bonchev–Trinajstić information content (AvgIpc) is 2.47. The lowest BCUT2D eigenvalue weighted by Crippen LogP contribution is -2.12. The molecule has 0 bridgehead atoms. The summed E-state index contributed by atoms with van der Waals surface area (Å²) in [5, 5.41) is 4.38. The molecule has 0 saturated carbocycles. The fraction of sp³-hybridized carbons (Fsp3) is 0.333. The van der Waals surface area contributed by atoms with E-state index in [-0.39, 0.29) is 4.75 Å². The van der Waals surface area contributed by atoms with E-state index in [0.29, 0.717) is 0 Å². The molecule has 0 spiro atoms. The summed E-state index contributed by atoms with van der Waals surface area (Å²) in [6, 6.07) is 3.90. The van der Waals surface area contributed by atoms with Gasteiger partial charge in [-0.05, 0) is 26.0 Å². The molecule has 2 heterocycles. The van der Waals surface area contributed by atoms with Crippen molar-refractivity contribution in [2.75, 3.05) is 0 Å². The topological polar surface area (TPSA) is 30.2 Å². The van der Waals surface area contributed by atoms with E-state index in [1.807, 2.05) is 32.2 Å². The van der Waals surface area contributed by atoms with Gasteiger partial charge in [0, 0.05) is 12.4 Å². The van der Waals surface area contributed by atoms with Crippen LogP contribution in [0.1, 0.15) is 19.5 Å². The molecule has 0 aliphatic heterocycles. The smallest absolute Gasteiger partial charge is 0.153 e. The van der Waals surface area contributed by atoms with Crippen LogP contribution in [0.5, 0.6) is 0 Å². The van der Waals surface area contributed by atoms with Crippen molar-refractivity contribution in [3.8, 4) is 0 Å². The summed E-state index contributed by atoms with van der Waals surface area (Å²) in [4.78, 5) is 4.12. The van der Waals surface area contributed by atoms with Gasteiger partial charge in [0.15, 0.2) is 5.65 Å². The summed E-state index contributed by atoms with van der Waals surface area (Å²) in [7, 11) is 0. The van der Waals surface area contributed by atoms with E-state index in [0.717, 1.165) is 11.3 Å². The van der Waals surface area contributed by atoms with Crippen LogP contribution in [0.2, 0.25) is 0 Å². The predicted octanol–water partition coefficient (Wildman–Crippen LogP) is 1.89. The third-order valence-electron chi connectivity index (χ3n) is 1.88. The van der Waals surface area contributed by atoms with Crippen molar-refractivity contribution in [3.05, 3.63) is 30.2 Å². The molecule has 0 amide bonds. The van der Waals surface area contributed by atoms with Crippen LogP contribution in [0.3, 0.4) is 0 Å². The van der Waals surface area contributed by atoms with Crippen LogP contribution in [-0.4, -0.2) is 14.6 Å². The van der Waals surface area contributed by atoms with E-state index in [1.54, 1.807) is 10.7 Å². The van der Waals surface area contributed by atoms with Gasteiger partial charge >= 0.3 is 0 Å².